The molecule has 2 amide bonds. The summed E-state index contributed by atoms with van der Waals surface area (Å²) in [5, 5.41) is 2.98. The number of rotatable bonds is 4. The first-order chi connectivity index (χ1) is 14.8. The molecule has 178 valence electrons. The third kappa shape index (κ3) is 7.09. The second-order valence-corrected chi connectivity index (χ2v) is 11.7. The molecule has 8 heteroatoms. The predicted octanol–water partition coefficient (Wildman–Crippen LogP) is 5.77. The molecule has 0 spiro atoms. The van der Waals surface area contributed by atoms with Crippen molar-refractivity contribution in [1.82, 2.24) is 15.2 Å². The van der Waals surface area contributed by atoms with Crippen molar-refractivity contribution in [3.8, 4) is 0 Å². The average molecular weight is 510 g/mol. The highest BCUT2D eigenvalue weighted by molar-refractivity contribution is 9.10. The van der Waals surface area contributed by atoms with Gasteiger partial charge in [-0.2, -0.15) is 0 Å². The van der Waals surface area contributed by atoms with Crippen molar-refractivity contribution in [2.75, 3.05) is 0 Å². The van der Waals surface area contributed by atoms with Crippen LogP contribution in [-0.2, 0) is 9.47 Å². The maximum Gasteiger partial charge on any atom is 0.410 e. The molecule has 2 aliphatic rings. The number of nitrogens with zero attached hydrogens (tertiary/aromatic N) is 2. The Labute approximate surface area is 199 Å². The molecule has 0 aromatic carbocycles. The molecule has 0 radical (unpaired) electrons. The first kappa shape index (κ1) is 24.8. The number of halogens is 1. The summed E-state index contributed by atoms with van der Waals surface area (Å²) in [5.74, 6) is 0.278. The molecule has 0 bridgehead atoms. The zero-order chi connectivity index (χ0) is 23.7. The summed E-state index contributed by atoms with van der Waals surface area (Å²) in [7, 11) is 0. The molecule has 2 atom stereocenters. The van der Waals surface area contributed by atoms with Crippen molar-refractivity contribution in [2.24, 2.45) is 0 Å². The monoisotopic (exact) mass is 509 g/mol. The van der Waals surface area contributed by atoms with Gasteiger partial charge in [-0.1, -0.05) is 6.07 Å². The minimum Gasteiger partial charge on any atom is -0.444 e. The Hall–Kier alpha value is -1.83. The molecule has 0 saturated heterocycles. The maximum absolute atomic E-state index is 13.2. The largest absolute Gasteiger partial charge is 0.444 e. The summed E-state index contributed by atoms with van der Waals surface area (Å²) < 4.78 is 12.0. The van der Waals surface area contributed by atoms with Gasteiger partial charge in [-0.15, -0.1) is 0 Å². The van der Waals surface area contributed by atoms with Gasteiger partial charge in [0.05, 0.1) is 0 Å². The van der Waals surface area contributed by atoms with Gasteiger partial charge in [0.15, 0.2) is 0 Å². The van der Waals surface area contributed by atoms with E-state index in [0.29, 0.717) is 0 Å². The van der Waals surface area contributed by atoms with E-state index in [0.717, 1.165) is 42.3 Å². The van der Waals surface area contributed by atoms with Crippen LogP contribution in [0.5, 0.6) is 0 Å². The van der Waals surface area contributed by atoms with Crippen LogP contribution in [0.2, 0.25) is 0 Å². The third-order valence-corrected chi connectivity index (χ3v) is 6.18. The number of aromatic nitrogens is 1. The van der Waals surface area contributed by atoms with Crippen LogP contribution in [0, 0.1) is 0 Å². The van der Waals surface area contributed by atoms with Crippen molar-refractivity contribution in [2.45, 2.75) is 109 Å². The summed E-state index contributed by atoms with van der Waals surface area (Å²) in [4.78, 5) is 31.6. The van der Waals surface area contributed by atoms with E-state index < -0.39 is 11.2 Å². The Kier molecular flexibility index (Phi) is 7.42. The molecule has 1 aromatic heterocycles. The smallest absolute Gasteiger partial charge is 0.410 e. The predicted molar refractivity (Wildman–Crippen MR) is 127 cm³/mol. The van der Waals surface area contributed by atoms with E-state index >= 15 is 0 Å². The lowest BCUT2D eigenvalue weighted by molar-refractivity contribution is 0.00744. The van der Waals surface area contributed by atoms with Gasteiger partial charge in [-0.3, -0.25) is 0 Å². The second-order valence-electron chi connectivity index (χ2n) is 10.9. The van der Waals surface area contributed by atoms with Crippen LogP contribution < -0.4 is 5.32 Å². The Balaban J connectivity index is 1.64. The van der Waals surface area contributed by atoms with Gasteiger partial charge in [-0.05, 0) is 101 Å². The molecule has 1 N–H and O–H groups in total. The molecule has 3 rings (SSSR count). The molecular formula is C24H36BrN3O4. The highest BCUT2D eigenvalue weighted by Gasteiger charge is 2.49. The highest BCUT2D eigenvalue weighted by Crippen LogP contribution is 2.47. The Morgan fingerprint density at radius 1 is 1.03 bits per heavy atom. The van der Waals surface area contributed by atoms with Crippen molar-refractivity contribution < 1.29 is 19.1 Å². The number of pyridine rings is 1. The number of hydrogen-bond acceptors (Lipinski definition) is 5. The van der Waals surface area contributed by atoms with E-state index in [4.69, 9.17) is 9.47 Å². The summed E-state index contributed by atoms with van der Waals surface area (Å²) in [6.07, 6.45) is 5.42. The zero-order valence-corrected chi connectivity index (χ0v) is 21.6. The van der Waals surface area contributed by atoms with Gasteiger partial charge in [0.1, 0.15) is 15.8 Å². The molecule has 2 fully saturated rings. The van der Waals surface area contributed by atoms with E-state index in [1.807, 2.05) is 58.7 Å². The van der Waals surface area contributed by atoms with Crippen LogP contribution >= 0.6 is 15.9 Å². The molecule has 1 aromatic rings. The lowest BCUT2D eigenvalue weighted by Gasteiger charge is -2.38. The standard InChI is InChI=1S/C24H36BrN3O4/c1-23(2,3)31-21(29)27-16-8-10-17(11-9-16)28(22(30)32-24(4,5)6)19-13-18(19)15-7-12-20(25)26-14-15/h7,12,14,16-19H,8-11,13H2,1-6H3,(H,27,29)/t16?,17?,18-,19+/m1/s1. The maximum atomic E-state index is 13.2. The van der Waals surface area contributed by atoms with E-state index in [1.165, 1.54) is 0 Å². The summed E-state index contributed by atoms with van der Waals surface area (Å²) in [5.41, 5.74) is 0.0819. The average Bonchev–Trinajstić information content (AvgIpc) is 3.41. The first-order valence-corrected chi connectivity index (χ1v) is 12.2. The van der Waals surface area contributed by atoms with Crippen molar-refractivity contribution in [3.05, 3.63) is 28.5 Å². The topological polar surface area (TPSA) is 80.8 Å². The number of amides is 2. The van der Waals surface area contributed by atoms with E-state index in [9.17, 15) is 9.59 Å². The minimum atomic E-state index is -0.547. The van der Waals surface area contributed by atoms with Crippen molar-refractivity contribution in [1.29, 1.82) is 0 Å². The molecular weight excluding hydrogens is 474 g/mol. The fourth-order valence-electron chi connectivity index (χ4n) is 4.30. The molecule has 2 aliphatic carbocycles. The number of carbonyl (C=O) groups is 2. The van der Waals surface area contributed by atoms with Gasteiger partial charge < -0.3 is 19.7 Å². The van der Waals surface area contributed by atoms with Gasteiger partial charge >= 0.3 is 12.2 Å². The summed E-state index contributed by atoms with van der Waals surface area (Å²) in [6, 6.07) is 4.28. The number of carbonyl (C=O) groups excluding carboxylic acids is 2. The van der Waals surface area contributed by atoms with Crippen molar-refractivity contribution in [3.63, 3.8) is 0 Å². The van der Waals surface area contributed by atoms with Crippen LogP contribution in [0.15, 0.2) is 22.9 Å². The molecule has 0 aliphatic heterocycles. The summed E-state index contributed by atoms with van der Waals surface area (Å²) >= 11 is 3.38. The second kappa shape index (κ2) is 9.57. The van der Waals surface area contributed by atoms with Gasteiger partial charge in [0, 0.05) is 30.2 Å². The first-order valence-electron chi connectivity index (χ1n) is 11.4. The molecule has 7 nitrogen and oxygen atoms in total. The Bertz CT molecular complexity index is 808. The lowest BCUT2D eigenvalue weighted by atomic mass is 9.90. The molecule has 1 heterocycles. The SMILES string of the molecule is CC(C)(C)OC(=O)NC1CCC(N(C(=O)OC(C)(C)C)[C@H]2C[C@@H]2c2ccc(Br)nc2)CC1. The quantitative estimate of drug-likeness (QED) is 0.520. The molecule has 32 heavy (non-hydrogen) atoms. The summed E-state index contributed by atoms with van der Waals surface area (Å²) in [6.45, 7) is 11.3. The number of nitrogens with one attached hydrogen (secondary N) is 1. The van der Waals surface area contributed by atoms with Crippen LogP contribution in [0.4, 0.5) is 9.59 Å². The molecule has 2 saturated carbocycles. The van der Waals surface area contributed by atoms with E-state index in [1.54, 1.807) is 0 Å². The van der Waals surface area contributed by atoms with Crippen LogP contribution in [0.3, 0.4) is 0 Å². The fraction of sp³-hybridized carbons (Fsp3) is 0.708. The molecule has 0 unspecified atom stereocenters. The van der Waals surface area contributed by atoms with E-state index in [-0.39, 0.29) is 36.2 Å². The Morgan fingerprint density at radius 2 is 1.66 bits per heavy atom. The van der Waals surface area contributed by atoms with Gasteiger partial charge in [-0.25, -0.2) is 14.6 Å². The number of ether oxygens (including phenoxy) is 2. The lowest BCUT2D eigenvalue weighted by Crippen LogP contribution is -2.49. The highest BCUT2D eigenvalue weighted by atomic mass is 79.9. The number of alkyl carbamates (subject to hydrolysis) is 1. The van der Waals surface area contributed by atoms with Crippen molar-refractivity contribution >= 4 is 28.1 Å². The minimum absolute atomic E-state index is 0.0623. The van der Waals surface area contributed by atoms with E-state index in [2.05, 4.69) is 32.3 Å². The van der Waals surface area contributed by atoms with Gasteiger partial charge in [0.2, 0.25) is 0 Å². The zero-order valence-electron chi connectivity index (χ0n) is 20.0. The van der Waals surface area contributed by atoms with Crippen LogP contribution in [-0.4, -0.2) is 51.4 Å². The third-order valence-electron chi connectivity index (χ3n) is 5.71. The normalized spacial score (nSPS) is 25.6. The van der Waals surface area contributed by atoms with Gasteiger partial charge in [0.25, 0.3) is 0 Å². The Morgan fingerprint density at radius 3 is 2.19 bits per heavy atom. The fourth-order valence-corrected chi connectivity index (χ4v) is 4.53. The van der Waals surface area contributed by atoms with Crippen LogP contribution in [0.1, 0.15) is 85.1 Å². The van der Waals surface area contributed by atoms with Crippen LogP contribution in [0.25, 0.3) is 0 Å². The number of hydrogen-bond donors (Lipinski definition) is 1.